The molecule has 0 aliphatic rings. The molecule has 0 aromatic heterocycles. The number of halogens is 1. The second-order valence-electron chi connectivity index (χ2n) is 6.71. The predicted octanol–water partition coefficient (Wildman–Crippen LogP) is 7.70. The highest BCUT2D eigenvalue weighted by atomic mass is 35.5. The first-order valence-electron chi connectivity index (χ1n) is 9.76. The molecular weight excluding hydrogens is 328 g/mol. The van der Waals surface area contributed by atoms with Crippen LogP contribution in [-0.2, 0) is 6.42 Å². The highest BCUT2D eigenvalue weighted by Gasteiger charge is 2.05. The molecule has 0 saturated heterocycles. The summed E-state index contributed by atoms with van der Waals surface area (Å²) in [6.45, 7) is 5.21. The molecule has 0 spiro atoms. The molecule has 2 heteroatoms. The fourth-order valence-electron chi connectivity index (χ4n) is 2.93. The molecule has 2 rings (SSSR count). The zero-order chi connectivity index (χ0) is 17.9. The smallest absolute Gasteiger partial charge is 0.137 e. The van der Waals surface area contributed by atoms with Crippen LogP contribution in [0.4, 0.5) is 0 Å². The van der Waals surface area contributed by atoms with Crippen molar-refractivity contribution in [1.82, 2.24) is 0 Å². The molecule has 0 saturated carbocycles. The number of benzene rings is 2. The fraction of sp³-hybridized carbons (Fsp3) is 0.478. The summed E-state index contributed by atoms with van der Waals surface area (Å²) in [6, 6.07) is 14.9. The molecule has 2 aromatic rings. The van der Waals surface area contributed by atoms with Gasteiger partial charge in [-0.25, -0.2) is 0 Å². The van der Waals surface area contributed by atoms with Gasteiger partial charge >= 0.3 is 0 Å². The molecule has 0 N–H and O–H groups in total. The van der Waals surface area contributed by atoms with Crippen LogP contribution in [0.15, 0.2) is 42.5 Å². The van der Waals surface area contributed by atoms with Crippen molar-refractivity contribution in [2.45, 2.75) is 65.2 Å². The van der Waals surface area contributed by atoms with Crippen molar-refractivity contribution in [1.29, 1.82) is 0 Å². The van der Waals surface area contributed by atoms with E-state index >= 15 is 0 Å². The Balaban J connectivity index is 1.90. The quantitative estimate of drug-likeness (QED) is 0.374. The summed E-state index contributed by atoms with van der Waals surface area (Å²) < 4.78 is 5.84. The third-order valence-corrected chi connectivity index (χ3v) is 4.84. The van der Waals surface area contributed by atoms with Crippen LogP contribution in [-0.4, -0.2) is 6.61 Å². The van der Waals surface area contributed by atoms with Gasteiger partial charge in [0.15, 0.2) is 0 Å². The Morgan fingerprint density at radius 3 is 2.12 bits per heavy atom. The van der Waals surface area contributed by atoms with Crippen LogP contribution in [0.5, 0.6) is 5.75 Å². The Morgan fingerprint density at radius 2 is 1.44 bits per heavy atom. The van der Waals surface area contributed by atoms with Gasteiger partial charge in [0.1, 0.15) is 5.75 Å². The number of aryl methyl sites for hydroxylation is 1. The average Bonchev–Trinajstić information content (AvgIpc) is 2.64. The molecule has 0 atom stereocenters. The second kappa shape index (κ2) is 11.2. The summed E-state index contributed by atoms with van der Waals surface area (Å²) in [5, 5.41) is 0.695. The third-order valence-electron chi connectivity index (χ3n) is 4.54. The number of unbranched alkanes of at least 4 members (excludes halogenated alkanes) is 5. The maximum Gasteiger partial charge on any atom is 0.137 e. The molecule has 136 valence electrons. The minimum Gasteiger partial charge on any atom is -0.492 e. The van der Waals surface area contributed by atoms with E-state index in [1.807, 2.05) is 12.1 Å². The molecule has 1 nitrogen and oxygen atoms in total. The molecule has 0 heterocycles. The van der Waals surface area contributed by atoms with Crippen LogP contribution in [0.2, 0.25) is 5.02 Å². The number of hydrogen-bond acceptors (Lipinski definition) is 1. The van der Waals surface area contributed by atoms with Crippen molar-refractivity contribution in [2.75, 3.05) is 6.61 Å². The van der Waals surface area contributed by atoms with Crippen LogP contribution < -0.4 is 4.74 Å². The summed E-state index contributed by atoms with van der Waals surface area (Å²) in [4.78, 5) is 0. The Labute approximate surface area is 158 Å². The van der Waals surface area contributed by atoms with Crippen LogP contribution >= 0.6 is 11.6 Å². The van der Waals surface area contributed by atoms with Gasteiger partial charge in [0.25, 0.3) is 0 Å². The van der Waals surface area contributed by atoms with Crippen LogP contribution in [0.25, 0.3) is 11.1 Å². The van der Waals surface area contributed by atoms with Gasteiger partial charge in [0.2, 0.25) is 0 Å². The van der Waals surface area contributed by atoms with Crippen molar-refractivity contribution in [2.24, 2.45) is 0 Å². The van der Waals surface area contributed by atoms with Gasteiger partial charge in [-0.1, -0.05) is 87.9 Å². The lowest BCUT2D eigenvalue weighted by Gasteiger charge is -2.10. The van der Waals surface area contributed by atoms with E-state index in [-0.39, 0.29) is 0 Å². The molecule has 0 aliphatic carbocycles. The third kappa shape index (κ3) is 6.74. The van der Waals surface area contributed by atoms with Gasteiger partial charge in [-0.15, -0.1) is 0 Å². The van der Waals surface area contributed by atoms with E-state index in [1.54, 1.807) is 0 Å². The summed E-state index contributed by atoms with van der Waals surface area (Å²) in [5.74, 6) is 0.792. The van der Waals surface area contributed by atoms with E-state index in [0.717, 1.165) is 30.8 Å². The first-order valence-corrected chi connectivity index (χ1v) is 10.1. The molecule has 0 amide bonds. The molecular formula is C23H31ClO. The minimum atomic E-state index is 0.695. The Morgan fingerprint density at radius 1 is 0.760 bits per heavy atom. The van der Waals surface area contributed by atoms with Crippen molar-refractivity contribution >= 4 is 11.6 Å². The minimum absolute atomic E-state index is 0.695. The lowest BCUT2D eigenvalue weighted by Crippen LogP contribution is -1.98. The summed E-state index contributed by atoms with van der Waals surface area (Å²) in [6.07, 6.45) is 9.84. The van der Waals surface area contributed by atoms with Gasteiger partial charge in [0.05, 0.1) is 11.6 Å². The normalized spacial score (nSPS) is 10.8. The highest BCUT2D eigenvalue weighted by Crippen LogP contribution is 2.31. The molecule has 0 aliphatic heterocycles. The molecule has 2 aromatic carbocycles. The first kappa shape index (κ1) is 19.8. The van der Waals surface area contributed by atoms with E-state index in [1.165, 1.54) is 49.7 Å². The fourth-order valence-corrected chi connectivity index (χ4v) is 3.17. The zero-order valence-electron chi connectivity index (χ0n) is 15.7. The summed E-state index contributed by atoms with van der Waals surface area (Å²) in [7, 11) is 0. The average molecular weight is 359 g/mol. The van der Waals surface area contributed by atoms with Gasteiger partial charge < -0.3 is 4.74 Å². The van der Waals surface area contributed by atoms with Crippen LogP contribution in [0.3, 0.4) is 0 Å². The van der Waals surface area contributed by atoms with Gasteiger partial charge in [-0.2, -0.15) is 0 Å². The second-order valence-corrected chi connectivity index (χ2v) is 7.12. The monoisotopic (exact) mass is 358 g/mol. The predicted molar refractivity (Wildman–Crippen MR) is 110 cm³/mol. The van der Waals surface area contributed by atoms with Gasteiger partial charge in [0, 0.05) is 0 Å². The molecule has 0 radical (unpaired) electrons. The number of ether oxygens (including phenoxy) is 1. The van der Waals surface area contributed by atoms with Crippen molar-refractivity contribution in [3.63, 3.8) is 0 Å². The number of rotatable bonds is 11. The lowest BCUT2D eigenvalue weighted by atomic mass is 10.0. The maximum atomic E-state index is 6.42. The van der Waals surface area contributed by atoms with E-state index in [0.29, 0.717) is 5.02 Å². The molecule has 25 heavy (non-hydrogen) atoms. The van der Waals surface area contributed by atoms with Crippen molar-refractivity contribution in [3.05, 3.63) is 53.1 Å². The van der Waals surface area contributed by atoms with E-state index < -0.39 is 0 Å². The molecule has 0 bridgehead atoms. The van der Waals surface area contributed by atoms with Crippen molar-refractivity contribution in [3.8, 4) is 16.9 Å². The van der Waals surface area contributed by atoms with Gasteiger partial charge in [-0.3, -0.25) is 0 Å². The van der Waals surface area contributed by atoms with Crippen LogP contribution in [0, 0.1) is 0 Å². The highest BCUT2D eigenvalue weighted by molar-refractivity contribution is 6.32. The van der Waals surface area contributed by atoms with E-state index in [4.69, 9.17) is 16.3 Å². The van der Waals surface area contributed by atoms with E-state index in [9.17, 15) is 0 Å². The standard InChI is InChI=1S/C23H31ClO/c1-3-5-7-8-9-17-25-23-16-15-21(18-22(23)24)20-13-11-19(12-14-20)10-6-4-2/h11-16,18H,3-10,17H2,1-2H3. The summed E-state index contributed by atoms with van der Waals surface area (Å²) in [5.41, 5.74) is 3.75. The lowest BCUT2D eigenvalue weighted by molar-refractivity contribution is 0.305. The first-order chi connectivity index (χ1) is 12.2. The Kier molecular flexibility index (Phi) is 8.90. The Hall–Kier alpha value is -1.47. The molecule has 0 unspecified atom stereocenters. The number of hydrogen-bond donors (Lipinski definition) is 0. The SMILES string of the molecule is CCCCCCCOc1ccc(-c2ccc(CCCC)cc2)cc1Cl. The van der Waals surface area contributed by atoms with Crippen molar-refractivity contribution < 1.29 is 4.74 Å². The van der Waals surface area contributed by atoms with E-state index in [2.05, 4.69) is 44.2 Å². The molecule has 0 fully saturated rings. The van der Waals surface area contributed by atoms with Crippen LogP contribution in [0.1, 0.15) is 64.4 Å². The topological polar surface area (TPSA) is 9.23 Å². The zero-order valence-corrected chi connectivity index (χ0v) is 16.4. The largest absolute Gasteiger partial charge is 0.492 e. The van der Waals surface area contributed by atoms with Gasteiger partial charge in [-0.05, 0) is 48.1 Å². The Bertz CT molecular complexity index is 618. The maximum absolute atomic E-state index is 6.42. The summed E-state index contributed by atoms with van der Waals surface area (Å²) >= 11 is 6.42.